The van der Waals surface area contributed by atoms with Gasteiger partial charge in [0.2, 0.25) is 21.8 Å². The van der Waals surface area contributed by atoms with Gasteiger partial charge in [-0.25, -0.2) is 8.42 Å². The van der Waals surface area contributed by atoms with Gasteiger partial charge in [0, 0.05) is 30.6 Å². The maximum atomic E-state index is 13.4. The molecule has 1 aliphatic carbocycles. The zero-order valence-electron chi connectivity index (χ0n) is 22.0. The van der Waals surface area contributed by atoms with Crippen molar-refractivity contribution in [2.24, 2.45) is 0 Å². The van der Waals surface area contributed by atoms with Crippen LogP contribution in [-0.4, -0.2) is 57.1 Å². The molecule has 2 amide bonds. The second-order valence-electron chi connectivity index (χ2n) is 9.57. The van der Waals surface area contributed by atoms with Gasteiger partial charge in [-0.3, -0.25) is 13.9 Å². The number of benzene rings is 2. The predicted molar refractivity (Wildman–Crippen MR) is 151 cm³/mol. The van der Waals surface area contributed by atoms with Crippen molar-refractivity contribution in [2.45, 2.75) is 64.1 Å². The molecule has 0 spiro atoms. The molecule has 0 radical (unpaired) electrons. The van der Waals surface area contributed by atoms with E-state index in [0.29, 0.717) is 10.8 Å². The third-order valence-electron chi connectivity index (χ3n) is 6.71. The number of methoxy groups -OCH3 is 1. The first-order valence-corrected chi connectivity index (χ1v) is 15.3. The van der Waals surface area contributed by atoms with Crippen LogP contribution in [0.5, 0.6) is 5.75 Å². The topological polar surface area (TPSA) is 96.0 Å². The number of amides is 2. The Hall–Kier alpha value is -2.49. The highest BCUT2D eigenvalue weighted by Crippen LogP contribution is 2.31. The molecular weight excluding hydrogens is 549 g/mol. The first-order chi connectivity index (χ1) is 18.0. The van der Waals surface area contributed by atoms with E-state index in [-0.39, 0.29) is 54.5 Å². The third kappa shape index (κ3) is 8.25. The minimum Gasteiger partial charge on any atom is -0.497 e. The molecule has 0 heterocycles. The third-order valence-corrected chi connectivity index (χ3v) is 8.44. The molecule has 0 bridgehead atoms. The van der Waals surface area contributed by atoms with Gasteiger partial charge in [0.05, 0.1) is 24.1 Å². The number of nitrogens with zero attached hydrogens (tertiary/aromatic N) is 2. The van der Waals surface area contributed by atoms with E-state index in [1.165, 1.54) is 12.1 Å². The Kier molecular flexibility index (Phi) is 10.7. The summed E-state index contributed by atoms with van der Waals surface area (Å²) in [6.07, 6.45) is 5.41. The number of hydrogen-bond donors (Lipinski definition) is 1. The van der Waals surface area contributed by atoms with Gasteiger partial charge in [-0.2, -0.15) is 0 Å². The molecule has 0 unspecified atom stereocenters. The van der Waals surface area contributed by atoms with E-state index in [0.717, 1.165) is 41.8 Å². The maximum absolute atomic E-state index is 13.4. The minimum absolute atomic E-state index is 0.0314. The van der Waals surface area contributed by atoms with E-state index in [4.69, 9.17) is 27.9 Å². The summed E-state index contributed by atoms with van der Waals surface area (Å²) in [6, 6.07) is 11.3. The lowest BCUT2D eigenvalue weighted by atomic mass is 10.1. The van der Waals surface area contributed by atoms with E-state index in [9.17, 15) is 18.0 Å². The zero-order valence-corrected chi connectivity index (χ0v) is 24.3. The highest BCUT2D eigenvalue weighted by atomic mass is 35.5. The molecule has 2 aromatic carbocycles. The Labute approximate surface area is 235 Å². The number of halogens is 2. The van der Waals surface area contributed by atoms with Crippen LogP contribution in [-0.2, 0) is 26.2 Å². The van der Waals surface area contributed by atoms with Crippen LogP contribution in [0.2, 0.25) is 10.0 Å². The molecule has 1 aliphatic rings. The molecule has 1 fully saturated rings. The molecule has 208 valence electrons. The van der Waals surface area contributed by atoms with E-state index in [2.05, 4.69) is 5.32 Å². The molecule has 38 heavy (non-hydrogen) atoms. The van der Waals surface area contributed by atoms with Crippen LogP contribution in [0.25, 0.3) is 0 Å². The number of ether oxygens (including phenoxy) is 1. The summed E-state index contributed by atoms with van der Waals surface area (Å²) in [7, 11) is -2.10. The number of anilines is 1. The standard InChI is InChI=1S/C27H35Cl2N3O5S/c1-19(27(34)30-22-7-4-5-8-22)31(18-20-10-13-23(37-2)14-11-20)26(33)9-6-16-32(38(3,35)36)25-17-21(28)12-15-24(25)29/h10-15,17,19,22H,4-9,16,18H2,1-3H3,(H,30,34)/t19-/m1/s1. The van der Waals surface area contributed by atoms with Gasteiger partial charge < -0.3 is 15.0 Å². The number of rotatable bonds is 12. The lowest BCUT2D eigenvalue weighted by Gasteiger charge is -2.30. The Morgan fingerprint density at radius 1 is 1.11 bits per heavy atom. The van der Waals surface area contributed by atoms with Crippen LogP contribution >= 0.6 is 23.2 Å². The Morgan fingerprint density at radius 2 is 1.76 bits per heavy atom. The van der Waals surface area contributed by atoms with Gasteiger partial charge >= 0.3 is 0 Å². The highest BCUT2D eigenvalue weighted by molar-refractivity contribution is 7.92. The molecule has 0 saturated heterocycles. The predicted octanol–water partition coefficient (Wildman–Crippen LogP) is 5.02. The first-order valence-electron chi connectivity index (χ1n) is 12.6. The molecular formula is C27H35Cl2N3O5S. The Bertz CT molecular complexity index is 1220. The largest absolute Gasteiger partial charge is 0.497 e. The molecule has 0 aliphatic heterocycles. The van der Waals surface area contributed by atoms with Crippen molar-refractivity contribution in [3.05, 3.63) is 58.1 Å². The number of nitrogens with one attached hydrogen (secondary N) is 1. The van der Waals surface area contributed by atoms with Crippen LogP contribution in [0, 0.1) is 0 Å². The zero-order chi connectivity index (χ0) is 27.9. The van der Waals surface area contributed by atoms with Crippen molar-refractivity contribution in [1.29, 1.82) is 0 Å². The first kappa shape index (κ1) is 30.1. The van der Waals surface area contributed by atoms with Gasteiger partial charge in [0.25, 0.3) is 0 Å². The molecule has 3 rings (SSSR count). The molecule has 1 N–H and O–H groups in total. The van der Waals surface area contributed by atoms with Crippen molar-refractivity contribution in [3.63, 3.8) is 0 Å². The monoisotopic (exact) mass is 583 g/mol. The van der Waals surface area contributed by atoms with Crippen LogP contribution in [0.15, 0.2) is 42.5 Å². The minimum atomic E-state index is -3.68. The van der Waals surface area contributed by atoms with E-state index in [1.54, 1.807) is 37.1 Å². The summed E-state index contributed by atoms with van der Waals surface area (Å²) in [6.45, 7) is 1.99. The lowest BCUT2D eigenvalue weighted by molar-refractivity contribution is -0.141. The van der Waals surface area contributed by atoms with Gasteiger partial charge in [0.1, 0.15) is 11.8 Å². The summed E-state index contributed by atoms with van der Waals surface area (Å²) in [5.74, 6) is 0.252. The maximum Gasteiger partial charge on any atom is 0.242 e. The van der Waals surface area contributed by atoms with Gasteiger partial charge in [-0.05, 0) is 62.1 Å². The van der Waals surface area contributed by atoms with Crippen LogP contribution < -0.4 is 14.4 Å². The van der Waals surface area contributed by atoms with Gasteiger partial charge in [-0.1, -0.05) is 48.2 Å². The van der Waals surface area contributed by atoms with Crippen molar-refractivity contribution in [3.8, 4) is 5.75 Å². The number of hydrogen-bond acceptors (Lipinski definition) is 5. The van der Waals surface area contributed by atoms with E-state index >= 15 is 0 Å². The fraction of sp³-hybridized carbons (Fsp3) is 0.481. The summed E-state index contributed by atoms with van der Waals surface area (Å²) >= 11 is 12.3. The average molecular weight is 585 g/mol. The van der Waals surface area contributed by atoms with Crippen LogP contribution in [0.1, 0.15) is 51.0 Å². The second-order valence-corrected chi connectivity index (χ2v) is 12.3. The van der Waals surface area contributed by atoms with Gasteiger partial charge in [0.15, 0.2) is 0 Å². The Morgan fingerprint density at radius 3 is 2.37 bits per heavy atom. The quantitative estimate of drug-likeness (QED) is 0.378. The van der Waals surface area contributed by atoms with Crippen LogP contribution in [0.4, 0.5) is 5.69 Å². The van der Waals surface area contributed by atoms with Crippen LogP contribution in [0.3, 0.4) is 0 Å². The Balaban J connectivity index is 1.74. The molecule has 1 atom stereocenters. The number of carbonyl (C=O) groups is 2. The molecule has 1 saturated carbocycles. The van der Waals surface area contributed by atoms with Crippen molar-refractivity contribution < 1.29 is 22.7 Å². The summed E-state index contributed by atoms with van der Waals surface area (Å²) < 4.78 is 31.4. The SMILES string of the molecule is COc1ccc(CN(C(=O)CCCN(c2cc(Cl)ccc2Cl)S(C)(=O)=O)[C@H](C)C(=O)NC2CCCC2)cc1. The lowest BCUT2D eigenvalue weighted by Crippen LogP contribution is -2.49. The molecule has 0 aromatic heterocycles. The van der Waals surface area contributed by atoms with Crippen molar-refractivity contribution in [2.75, 3.05) is 24.2 Å². The summed E-state index contributed by atoms with van der Waals surface area (Å²) in [5.41, 5.74) is 1.11. The molecule has 8 nitrogen and oxygen atoms in total. The number of sulfonamides is 1. The number of carbonyl (C=O) groups excluding carboxylic acids is 2. The molecule has 11 heteroatoms. The summed E-state index contributed by atoms with van der Waals surface area (Å²) in [4.78, 5) is 28.1. The summed E-state index contributed by atoms with van der Waals surface area (Å²) in [5, 5.41) is 3.67. The van der Waals surface area contributed by atoms with E-state index < -0.39 is 16.1 Å². The average Bonchev–Trinajstić information content (AvgIpc) is 3.39. The van der Waals surface area contributed by atoms with E-state index in [1.807, 2.05) is 12.1 Å². The van der Waals surface area contributed by atoms with Gasteiger partial charge in [-0.15, -0.1) is 0 Å². The molecule has 2 aromatic rings. The highest BCUT2D eigenvalue weighted by Gasteiger charge is 2.29. The fourth-order valence-corrected chi connectivity index (χ4v) is 5.97. The smallest absolute Gasteiger partial charge is 0.242 e. The normalized spacial score (nSPS) is 14.7. The second kappa shape index (κ2) is 13.5. The fourth-order valence-electron chi connectivity index (χ4n) is 4.56. The van der Waals surface area contributed by atoms with Crippen molar-refractivity contribution in [1.82, 2.24) is 10.2 Å². The van der Waals surface area contributed by atoms with Crippen molar-refractivity contribution >= 4 is 50.7 Å².